The Morgan fingerprint density at radius 2 is 1.47 bits per heavy atom. The summed E-state index contributed by atoms with van der Waals surface area (Å²) in [5.74, 6) is 0. The highest BCUT2D eigenvalue weighted by Gasteiger charge is 1.97. The van der Waals surface area contributed by atoms with E-state index in [0.717, 1.165) is 8.58 Å². The molecule has 0 bridgehead atoms. The molecule has 0 saturated heterocycles. The van der Waals surface area contributed by atoms with Gasteiger partial charge in [0.2, 0.25) is 0 Å². The molecule has 0 fully saturated rings. The van der Waals surface area contributed by atoms with E-state index in [-0.39, 0.29) is 0 Å². The van der Waals surface area contributed by atoms with Crippen LogP contribution < -0.4 is 10.6 Å². The normalized spacial score (nSPS) is 11.1. The first kappa shape index (κ1) is 10.4. The number of hydrogen-bond acceptors (Lipinski definition) is 0. The van der Waals surface area contributed by atoms with Crippen LogP contribution in [0.15, 0.2) is 48.5 Å². The highest BCUT2D eigenvalue weighted by Crippen LogP contribution is 2.13. The van der Waals surface area contributed by atoms with Crippen molar-refractivity contribution in [3.63, 3.8) is 0 Å². The van der Waals surface area contributed by atoms with Crippen LogP contribution in [0.5, 0.6) is 0 Å². The summed E-state index contributed by atoms with van der Waals surface area (Å²) in [6, 6.07) is 17.4. The van der Waals surface area contributed by atoms with Crippen LogP contribution in [0.2, 0.25) is 0 Å². The molecule has 1 atom stereocenters. The number of hydrogen-bond donors (Lipinski definition) is 0. The third-order valence-corrected chi connectivity index (χ3v) is 3.79. The van der Waals surface area contributed by atoms with Gasteiger partial charge in [0.15, 0.2) is 0 Å². The molecule has 0 N–H and O–H groups in total. The van der Waals surface area contributed by atoms with Gasteiger partial charge in [0.1, 0.15) is 0 Å². The number of rotatable bonds is 2. The molecule has 1 unspecified atom stereocenters. The summed E-state index contributed by atoms with van der Waals surface area (Å²) in [5.41, 5.74) is 2.76. The molecule has 0 spiro atoms. The van der Waals surface area contributed by atoms with E-state index in [0.29, 0.717) is 0 Å². The second-order valence-electron chi connectivity index (χ2n) is 3.79. The molecule has 76 valence electrons. The lowest BCUT2D eigenvalue weighted by molar-refractivity contribution is 1.35. The van der Waals surface area contributed by atoms with Crippen LogP contribution in [-0.2, 0) is 0 Å². The average Bonchev–Trinajstić information content (AvgIpc) is 2.25. The van der Waals surface area contributed by atoms with Crippen LogP contribution >= 0.6 is 8.58 Å². The second-order valence-corrected chi connectivity index (χ2v) is 5.19. The zero-order valence-corrected chi connectivity index (χ0v) is 10.1. The van der Waals surface area contributed by atoms with Crippen LogP contribution in [0.3, 0.4) is 0 Å². The SMILES string of the molecule is Cc1ccc(Pc2ccccc2)cc1C. The fourth-order valence-corrected chi connectivity index (χ4v) is 2.66. The Hall–Kier alpha value is -1.13. The van der Waals surface area contributed by atoms with Crippen molar-refractivity contribution in [2.45, 2.75) is 13.8 Å². The Kier molecular flexibility index (Phi) is 3.18. The van der Waals surface area contributed by atoms with E-state index in [1.807, 2.05) is 0 Å². The number of aryl methyl sites for hydroxylation is 2. The minimum atomic E-state index is 0.769. The number of benzene rings is 2. The minimum absolute atomic E-state index is 0.769. The zero-order valence-electron chi connectivity index (χ0n) is 9.12. The van der Waals surface area contributed by atoms with E-state index in [4.69, 9.17) is 0 Å². The fraction of sp³-hybridized carbons (Fsp3) is 0.143. The molecular formula is C14H15P. The van der Waals surface area contributed by atoms with E-state index in [1.54, 1.807) is 0 Å². The third kappa shape index (κ3) is 2.67. The standard InChI is InChI=1S/C14H15P/c1-11-8-9-14(10-12(11)2)15-13-6-4-3-5-7-13/h3-10,15H,1-2H3. The summed E-state index contributed by atoms with van der Waals surface area (Å²) in [7, 11) is 0.769. The van der Waals surface area contributed by atoms with Crippen LogP contribution in [0.4, 0.5) is 0 Å². The fourth-order valence-electron chi connectivity index (χ4n) is 1.51. The maximum absolute atomic E-state index is 2.29. The highest BCUT2D eigenvalue weighted by atomic mass is 31.1. The summed E-state index contributed by atoms with van der Waals surface area (Å²) < 4.78 is 0. The van der Waals surface area contributed by atoms with Crippen molar-refractivity contribution in [1.29, 1.82) is 0 Å². The lowest BCUT2D eigenvalue weighted by atomic mass is 10.1. The van der Waals surface area contributed by atoms with Gasteiger partial charge in [0.05, 0.1) is 0 Å². The first-order chi connectivity index (χ1) is 7.25. The van der Waals surface area contributed by atoms with Gasteiger partial charge in [-0.2, -0.15) is 0 Å². The zero-order chi connectivity index (χ0) is 10.7. The van der Waals surface area contributed by atoms with Crippen molar-refractivity contribution >= 4 is 19.2 Å². The van der Waals surface area contributed by atoms with Gasteiger partial charge in [-0.05, 0) is 35.6 Å². The minimum Gasteiger partial charge on any atom is -0.0622 e. The Balaban J connectivity index is 2.22. The van der Waals surface area contributed by atoms with E-state index < -0.39 is 0 Å². The molecule has 0 amide bonds. The van der Waals surface area contributed by atoms with Crippen LogP contribution in [0.1, 0.15) is 11.1 Å². The first-order valence-electron chi connectivity index (χ1n) is 5.15. The quantitative estimate of drug-likeness (QED) is 0.674. The van der Waals surface area contributed by atoms with E-state index in [9.17, 15) is 0 Å². The Labute approximate surface area is 93.1 Å². The molecule has 0 nitrogen and oxygen atoms in total. The summed E-state index contributed by atoms with van der Waals surface area (Å²) >= 11 is 0. The molecule has 0 radical (unpaired) electrons. The van der Waals surface area contributed by atoms with Gasteiger partial charge < -0.3 is 0 Å². The molecule has 2 aromatic carbocycles. The highest BCUT2D eigenvalue weighted by molar-refractivity contribution is 7.55. The molecule has 0 aliphatic heterocycles. The maximum Gasteiger partial charge on any atom is -0.0223 e. The van der Waals surface area contributed by atoms with Gasteiger partial charge in [-0.25, -0.2) is 0 Å². The van der Waals surface area contributed by atoms with Crippen LogP contribution in [-0.4, -0.2) is 0 Å². The first-order valence-corrected chi connectivity index (χ1v) is 6.15. The van der Waals surface area contributed by atoms with Crippen LogP contribution in [0.25, 0.3) is 0 Å². The van der Waals surface area contributed by atoms with Gasteiger partial charge in [-0.1, -0.05) is 57.1 Å². The molecule has 1 heteroatoms. The summed E-state index contributed by atoms with van der Waals surface area (Å²) in [4.78, 5) is 0. The van der Waals surface area contributed by atoms with Crippen molar-refractivity contribution in [3.8, 4) is 0 Å². The van der Waals surface area contributed by atoms with E-state index >= 15 is 0 Å². The van der Waals surface area contributed by atoms with Crippen LogP contribution in [0, 0.1) is 13.8 Å². The van der Waals surface area contributed by atoms with Gasteiger partial charge >= 0.3 is 0 Å². The molecule has 2 aromatic rings. The molecule has 0 aliphatic carbocycles. The predicted octanol–water partition coefficient (Wildman–Crippen LogP) is 2.93. The van der Waals surface area contributed by atoms with Crippen molar-refractivity contribution in [2.24, 2.45) is 0 Å². The lowest BCUT2D eigenvalue weighted by Gasteiger charge is -2.05. The molecular weight excluding hydrogens is 199 g/mol. The van der Waals surface area contributed by atoms with Crippen molar-refractivity contribution in [3.05, 3.63) is 59.7 Å². The van der Waals surface area contributed by atoms with Gasteiger partial charge in [0, 0.05) is 0 Å². The largest absolute Gasteiger partial charge is 0.0622 e. The smallest absolute Gasteiger partial charge is 0.0223 e. The predicted molar refractivity (Wildman–Crippen MR) is 69.9 cm³/mol. The molecule has 0 saturated carbocycles. The molecule has 2 rings (SSSR count). The molecule has 15 heavy (non-hydrogen) atoms. The van der Waals surface area contributed by atoms with E-state index in [1.165, 1.54) is 21.7 Å². The van der Waals surface area contributed by atoms with Crippen molar-refractivity contribution in [2.75, 3.05) is 0 Å². The molecule has 0 aliphatic rings. The summed E-state index contributed by atoms with van der Waals surface area (Å²) in [6.45, 7) is 4.33. The molecule has 0 heterocycles. The topological polar surface area (TPSA) is 0 Å². The van der Waals surface area contributed by atoms with Gasteiger partial charge in [0.25, 0.3) is 0 Å². The Morgan fingerprint density at radius 3 is 2.13 bits per heavy atom. The van der Waals surface area contributed by atoms with Crippen molar-refractivity contribution < 1.29 is 0 Å². The lowest BCUT2D eigenvalue weighted by Crippen LogP contribution is -2.03. The monoisotopic (exact) mass is 214 g/mol. The Morgan fingerprint density at radius 1 is 0.733 bits per heavy atom. The van der Waals surface area contributed by atoms with Gasteiger partial charge in [-0.15, -0.1) is 0 Å². The van der Waals surface area contributed by atoms with E-state index in [2.05, 4.69) is 62.4 Å². The second kappa shape index (κ2) is 4.59. The van der Waals surface area contributed by atoms with Gasteiger partial charge in [-0.3, -0.25) is 0 Å². The summed E-state index contributed by atoms with van der Waals surface area (Å²) in [5, 5.41) is 2.82. The third-order valence-electron chi connectivity index (χ3n) is 2.57. The summed E-state index contributed by atoms with van der Waals surface area (Å²) in [6.07, 6.45) is 0. The maximum atomic E-state index is 2.29. The Bertz CT molecular complexity index is 446. The molecule has 0 aromatic heterocycles. The van der Waals surface area contributed by atoms with Crippen molar-refractivity contribution in [1.82, 2.24) is 0 Å². The average molecular weight is 214 g/mol.